The van der Waals surface area contributed by atoms with Gasteiger partial charge in [-0.05, 0) is 46.1 Å². The molecule has 100 valence electrons. The molecule has 0 bridgehead atoms. The number of nitrogens with zero attached hydrogens (tertiary/aromatic N) is 1. The third-order valence-electron chi connectivity index (χ3n) is 3.86. The molecule has 4 heteroatoms. The van der Waals surface area contributed by atoms with Gasteiger partial charge in [0.25, 0.3) is 0 Å². The summed E-state index contributed by atoms with van der Waals surface area (Å²) in [5.74, 6) is 0.805. The predicted molar refractivity (Wildman–Crippen MR) is 70.7 cm³/mol. The van der Waals surface area contributed by atoms with Gasteiger partial charge in [-0.15, -0.1) is 0 Å². The van der Waals surface area contributed by atoms with E-state index in [0.717, 1.165) is 25.8 Å². The van der Waals surface area contributed by atoms with Crippen molar-refractivity contribution in [1.29, 1.82) is 0 Å². The lowest BCUT2D eigenvalue weighted by Gasteiger charge is -2.37. The van der Waals surface area contributed by atoms with Crippen molar-refractivity contribution in [2.45, 2.75) is 58.2 Å². The summed E-state index contributed by atoms with van der Waals surface area (Å²) in [4.78, 5) is 14.1. The van der Waals surface area contributed by atoms with Crippen LogP contribution < -0.4 is 11.1 Å². The van der Waals surface area contributed by atoms with Crippen molar-refractivity contribution in [1.82, 2.24) is 10.2 Å². The molecule has 0 aromatic carbocycles. The van der Waals surface area contributed by atoms with E-state index in [4.69, 9.17) is 5.73 Å². The zero-order valence-electron chi connectivity index (χ0n) is 11.6. The van der Waals surface area contributed by atoms with E-state index < -0.39 is 0 Å². The van der Waals surface area contributed by atoms with Crippen molar-refractivity contribution in [3.8, 4) is 0 Å². The Kier molecular flexibility index (Phi) is 5.40. The number of hydrogen-bond acceptors (Lipinski definition) is 3. The number of likely N-dealkylation sites (N-methyl/N-ethyl adjacent to an activating group) is 1. The summed E-state index contributed by atoms with van der Waals surface area (Å²) in [6, 6.07) is 0.592. The number of nitrogens with one attached hydrogen (secondary N) is 1. The molecule has 1 aliphatic rings. The SMILES string of the molecule is CCC(C)NC(=O)C(C)N(C)CC1CC(N)C1. The van der Waals surface area contributed by atoms with Crippen LogP contribution in [0.2, 0.25) is 0 Å². The Bertz CT molecular complexity index is 251. The van der Waals surface area contributed by atoms with Crippen molar-refractivity contribution < 1.29 is 4.79 Å². The van der Waals surface area contributed by atoms with Gasteiger partial charge in [-0.2, -0.15) is 0 Å². The number of rotatable bonds is 6. The molecule has 0 radical (unpaired) electrons. The predicted octanol–water partition coefficient (Wildman–Crippen LogP) is 0.959. The number of amides is 1. The molecule has 1 saturated carbocycles. The normalized spacial score (nSPS) is 27.4. The largest absolute Gasteiger partial charge is 0.352 e. The highest BCUT2D eigenvalue weighted by Gasteiger charge is 2.29. The zero-order valence-corrected chi connectivity index (χ0v) is 11.6. The van der Waals surface area contributed by atoms with Crippen LogP contribution in [0.3, 0.4) is 0 Å². The van der Waals surface area contributed by atoms with E-state index in [9.17, 15) is 4.79 Å². The van der Waals surface area contributed by atoms with Gasteiger partial charge in [0.05, 0.1) is 6.04 Å². The molecule has 0 aliphatic heterocycles. The van der Waals surface area contributed by atoms with Gasteiger partial charge in [0.15, 0.2) is 0 Å². The fraction of sp³-hybridized carbons (Fsp3) is 0.923. The summed E-state index contributed by atoms with van der Waals surface area (Å²) in [5, 5.41) is 3.02. The maximum atomic E-state index is 11.9. The molecule has 1 fully saturated rings. The Morgan fingerprint density at radius 2 is 2.06 bits per heavy atom. The van der Waals surface area contributed by atoms with Gasteiger partial charge in [0, 0.05) is 18.6 Å². The number of nitrogens with two attached hydrogens (primary N) is 1. The summed E-state index contributed by atoms with van der Waals surface area (Å²) in [5.41, 5.74) is 5.77. The lowest BCUT2D eigenvalue weighted by molar-refractivity contribution is -0.126. The summed E-state index contributed by atoms with van der Waals surface area (Å²) in [7, 11) is 2.02. The van der Waals surface area contributed by atoms with Crippen LogP contribution in [0.25, 0.3) is 0 Å². The molecule has 4 nitrogen and oxygen atoms in total. The lowest BCUT2D eigenvalue weighted by atomic mass is 9.80. The highest BCUT2D eigenvalue weighted by atomic mass is 16.2. The Balaban J connectivity index is 2.29. The van der Waals surface area contributed by atoms with Crippen LogP contribution in [0, 0.1) is 5.92 Å². The highest BCUT2D eigenvalue weighted by Crippen LogP contribution is 2.26. The second-order valence-electron chi connectivity index (χ2n) is 5.53. The van der Waals surface area contributed by atoms with Crippen LogP contribution in [-0.2, 0) is 4.79 Å². The molecule has 0 heterocycles. The van der Waals surface area contributed by atoms with Crippen molar-refractivity contribution >= 4 is 5.91 Å². The maximum absolute atomic E-state index is 11.9. The average molecular weight is 241 g/mol. The zero-order chi connectivity index (χ0) is 13.0. The standard InChI is InChI=1S/C13H27N3O/c1-5-9(2)15-13(17)10(3)16(4)8-11-6-12(14)7-11/h9-12H,5-8,14H2,1-4H3,(H,15,17). The Labute approximate surface area is 105 Å². The lowest BCUT2D eigenvalue weighted by Crippen LogP contribution is -2.49. The third kappa shape index (κ3) is 4.28. The monoisotopic (exact) mass is 241 g/mol. The van der Waals surface area contributed by atoms with Crippen LogP contribution >= 0.6 is 0 Å². The van der Waals surface area contributed by atoms with E-state index >= 15 is 0 Å². The Morgan fingerprint density at radius 3 is 2.53 bits per heavy atom. The summed E-state index contributed by atoms with van der Waals surface area (Å²) in [6.07, 6.45) is 3.17. The van der Waals surface area contributed by atoms with Gasteiger partial charge < -0.3 is 11.1 Å². The second kappa shape index (κ2) is 6.36. The summed E-state index contributed by atoms with van der Waals surface area (Å²) >= 11 is 0. The van der Waals surface area contributed by atoms with Crippen LogP contribution in [0.1, 0.15) is 40.0 Å². The van der Waals surface area contributed by atoms with Crippen molar-refractivity contribution in [3.05, 3.63) is 0 Å². The minimum atomic E-state index is -0.0548. The first-order valence-corrected chi connectivity index (χ1v) is 6.70. The molecule has 0 spiro atoms. The molecule has 1 rings (SSSR count). The van der Waals surface area contributed by atoms with Crippen LogP contribution in [0.4, 0.5) is 0 Å². The van der Waals surface area contributed by atoms with Crippen LogP contribution in [0.5, 0.6) is 0 Å². The first kappa shape index (κ1) is 14.5. The smallest absolute Gasteiger partial charge is 0.237 e. The molecule has 17 heavy (non-hydrogen) atoms. The van der Waals surface area contributed by atoms with Gasteiger partial charge in [-0.25, -0.2) is 0 Å². The van der Waals surface area contributed by atoms with Gasteiger partial charge >= 0.3 is 0 Å². The first-order chi connectivity index (χ1) is 7.93. The third-order valence-corrected chi connectivity index (χ3v) is 3.86. The Morgan fingerprint density at radius 1 is 1.47 bits per heavy atom. The summed E-state index contributed by atoms with van der Waals surface area (Å²) < 4.78 is 0. The van der Waals surface area contributed by atoms with E-state index in [1.54, 1.807) is 0 Å². The van der Waals surface area contributed by atoms with Crippen LogP contribution in [0.15, 0.2) is 0 Å². The van der Waals surface area contributed by atoms with Gasteiger partial charge in [-0.3, -0.25) is 9.69 Å². The molecule has 3 N–H and O–H groups in total. The van der Waals surface area contributed by atoms with E-state index in [2.05, 4.69) is 17.1 Å². The first-order valence-electron chi connectivity index (χ1n) is 6.70. The van der Waals surface area contributed by atoms with E-state index in [0.29, 0.717) is 12.0 Å². The number of hydrogen-bond donors (Lipinski definition) is 2. The van der Waals surface area contributed by atoms with Gasteiger partial charge in [0.2, 0.25) is 5.91 Å². The van der Waals surface area contributed by atoms with Gasteiger partial charge in [-0.1, -0.05) is 6.92 Å². The minimum absolute atomic E-state index is 0.0548. The minimum Gasteiger partial charge on any atom is -0.352 e. The van der Waals surface area contributed by atoms with E-state index in [-0.39, 0.29) is 18.0 Å². The average Bonchev–Trinajstić information content (AvgIpc) is 2.25. The molecule has 0 saturated heterocycles. The van der Waals surface area contributed by atoms with Crippen LogP contribution in [-0.4, -0.2) is 42.5 Å². The van der Waals surface area contributed by atoms with Gasteiger partial charge in [0.1, 0.15) is 0 Å². The van der Waals surface area contributed by atoms with Crippen molar-refractivity contribution in [2.75, 3.05) is 13.6 Å². The molecule has 0 aromatic rings. The molecule has 1 amide bonds. The van der Waals surface area contributed by atoms with Crippen molar-refractivity contribution in [3.63, 3.8) is 0 Å². The number of carbonyl (C=O) groups excluding carboxylic acids is 1. The summed E-state index contributed by atoms with van der Waals surface area (Å²) in [6.45, 7) is 7.06. The molecular formula is C13H27N3O. The molecule has 0 aromatic heterocycles. The highest BCUT2D eigenvalue weighted by molar-refractivity contribution is 5.81. The van der Waals surface area contributed by atoms with E-state index in [1.165, 1.54) is 0 Å². The molecule has 2 atom stereocenters. The fourth-order valence-electron chi connectivity index (χ4n) is 2.17. The Hall–Kier alpha value is -0.610. The van der Waals surface area contributed by atoms with E-state index in [1.807, 2.05) is 20.9 Å². The number of carbonyl (C=O) groups is 1. The fourth-order valence-corrected chi connectivity index (χ4v) is 2.17. The maximum Gasteiger partial charge on any atom is 0.237 e. The molecule has 2 unspecified atom stereocenters. The molecular weight excluding hydrogens is 214 g/mol. The topological polar surface area (TPSA) is 58.4 Å². The molecule has 1 aliphatic carbocycles. The second-order valence-corrected chi connectivity index (χ2v) is 5.53. The quantitative estimate of drug-likeness (QED) is 0.728. The van der Waals surface area contributed by atoms with Crippen molar-refractivity contribution in [2.24, 2.45) is 11.7 Å².